The van der Waals surface area contributed by atoms with Crippen LogP contribution in [0.15, 0.2) is 85.3 Å². The van der Waals surface area contributed by atoms with Crippen molar-refractivity contribution in [3.63, 3.8) is 0 Å². The number of fused-ring (bicyclic) bond motifs is 1. The average molecular weight is 766 g/mol. The zero-order valence-electron chi connectivity index (χ0n) is 25.8. The Hall–Kier alpha value is -2.63. The topological polar surface area (TPSA) is 52.6 Å². The van der Waals surface area contributed by atoms with Crippen molar-refractivity contribution in [1.29, 1.82) is 0 Å². The highest BCUT2D eigenvalue weighted by Gasteiger charge is 2.35. The molecule has 4 aromatic rings. The highest BCUT2D eigenvalue weighted by atomic mass is 35.5. The van der Waals surface area contributed by atoms with Crippen LogP contribution in [0.3, 0.4) is 0 Å². The fourth-order valence-electron chi connectivity index (χ4n) is 6.15. The number of hydrogen-bond donors (Lipinski definition) is 0. The predicted molar refractivity (Wildman–Crippen MR) is 193 cm³/mol. The summed E-state index contributed by atoms with van der Waals surface area (Å²) in [6.07, 6.45) is 1.80. The van der Waals surface area contributed by atoms with E-state index in [4.69, 9.17) is 11.6 Å². The summed E-state index contributed by atoms with van der Waals surface area (Å²) in [5.41, 5.74) is 3.53. The summed E-state index contributed by atoms with van der Waals surface area (Å²) in [4.78, 5) is 29.1. The highest BCUT2D eigenvalue weighted by Crippen LogP contribution is 2.34. The van der Waals surface area contributed by atoms with Gasteiger partial charge in [-0.15, -0.1) is 49.6 Å². The number of halogens is 8. The Morgan fingerprint density at radius 3 is 2.25 bits per heavy atom. The van der Waals surface area contributed by atoms with Gasteiger partial charge in [0.2, 0.25) is 0 Å². The molecule has 0 unspecified atom stereocenters. The second-order valence-corrected chi connectivity index (χ2v) is 11.9. The molecule has 0 aliphatic carbocycles. The molecule has 260 valence electrons. The summed E-state index contributed by atoms with van der Waals surface area (Å²) < 4.78 is 41.9. The van der Waals surface area contributed by atoms with E-state index in [-0.39, 0.29) is 61.2 Å². The van der Waals surface area contributed by atoms with Gasteiger partial charge < -0.3 is 4.90 Å². The molecule has 0 spiro atoms. The Kier molecular flexibility index (Phi) is 15.9. The number of carbonyl (C=O) groups excluding carboxylic acids is 1. The largest absolute Gasteiger partial charge is 0.416 e. The SMILES string of the molecule is Cl.Cl.Cl.Cl.O=C(c1cc(-c2ccncc2)cc(C(F)(F)F)c1)N1CCN(CCN2CCc3ncccc3C2)C[C@H]1Cc1ccc(Cl)cc1. The third kappa shape index (κ3) is 10.2. The normalized spacial score (nSPS) is 16.3. The van der Waals surface area contributed by atoms with Crippen LogP contribution in [-0.4, -0.2) is 75.9 Å². The maximum atomic E-state index is 14.0. The van der Waals surface area contributed by atoms with E-state index in [0.29, 0.717) is 42.2 Å². The van der Waals surface area contributed by atoms with Gasteiger partial charge in [0, 0.05) is 93.1 Å². The first-order valence-electron chi connectivity index (χ1n) is 14.8. The zero-order valence-corrected chi connectivity index (χ0v) is 29.8. The second kappa shape index (κ2) is 18.4. The molecule has 14 heteroatoms. The number of benzene rings is 2. The maximum absolute atomic E-state index is 14.0. The van der Waals surface area contributed by atoms with Gasteiger partial charge in [-0.2, -0.15) is 13.2 Å². The fraction of sp³-hybridized carbons (Fsp3) is 0.324. The van der Waals surface area contributed by atoms with E-state index in [1.165, 1.54) is 23.7 Å². The van der Waals surface area contributed by atoms with Crippen molar-refractivity contribution in [3.8, 4) is 11.1 Å². The van der Waals surface area contributed by atoms with Crippen LogP contribution in [0.1, 0.15) is 32.7 Å². The summed E-state index contributed by atoms with van der Waals surface area (Å²) >= 11 is 6.12. The van der Waals surface area contributed by atoms with Gasteiger partial charge >= 0.3 is 6.18 Å². The molecule has 48 heavy (non-hydrogen) atoms. The molecule has 4 heterocycles. The van der Waals surface area contributed by atoms with Crippen LogP contribution in [0, 0.1) is 0 Å². The molecule has 1 saturated heterocycles. The van der Waals surface area contributed by atoms with Crippen LogP contribution in [-0.2, 0) is 25.6 Å². The monoisotopic (exact) mass is 763 g/mol. The van der Waals surface area contributed by atoms with Gasteiger partial charge in [0.1, 0.15) is 0 Å². The Labute approximate surface area is 308 Å². The standard InChI is InChI=1S/C34H33ClF3N5O.4ClH/c35-30-5-3-24(4-6-30)18-31-23-42(15-14-41-13-9-32-26(22-41)2-1-10-40-32)16-17-43(31)33(44)28-19-27(25-7-11-39-12-8-25)20-29(21-28)34(36,37)38;;;;/h1-8,10-12,19-21,31H,9,13-18,22-23H2;4*1H/t31-;;;;/m1..../s1. The third-order valence-electron chi connectivity index (χ3n) is 8.51. The van der Waals surface area contributed by atoms with Crippen LogP contribution >= 0.6 is 61.2 Å². The molecule has 6 rings (SSSR count). The minimum Gasteiger partial charge on any atom is -0.333 e. The van der Waals surface area contributed by atoms with Crippen LogP contribution < -0.4 is 0 Å². The van der Waals surface area contributed by atoms with E-state index in [0.717, 1.165) is 50.3 Å². The minimum atomic E-state index is -4.59. The number of rotatable bonds is 7. The molecular formula is C34H37Cl5F3N5O. The molecule has 2 aromatic heterocycles. The van der Waals surface area contributed by atoms with Gasteiger partial charge in [-0.25, -0.2) is 0 Å². The number of carbonyl (C=O) groups is 1. The molecule has 1 amide bonds. The van der Waals surface area contributed by atoms with Crippen molar-refractivity contribution in [2.45, 2.75) is 31.6 Å². The molecular weight excluding hydrogens is 729 g/mol. The van der Waals surface area contributed by atoms with Gasteiger partial charge in [0.15, 0.2) is 0 Å². The lowest BCUT2D eigenvalue weighted by Gasteiger charge is -2.42. The van der Waals surface area contributed by atoms with Crippen LogP contribution in [0.5, 0.6) is 0 Å². The van der Waals surface area contributed by atoms with Crippen LogP contribution in [0.25, 0.3) is 11.1 Å². The van der Waals surface area contributed by atoms with Gasteiger partial charge in [-0.1, -0.05) is 29.8 Å². The number of amides is 1. The summed E-state index contributed by atoms with van der Waals surface area (Å²) in [6.45, 7) is 5.23. The first kappa shape index (κ1) is 41.5. The smallest absolute Gasteiger partial charge is 0.333 e. The highest BCUT2D eigenvalue weighted by molar-refractivity contribution is 6.30. The van der Waals surface area contributed by atoms with Crippen molar-refractivity contribution < 1.29 is 18.0 Å². The molecule has 0 bridgehead atoms. The number of piperazine rings is 1. The third-order valence-corrected chi connectivity index (χ3v) is 8.76. The van der Waals surface area contributed by atoms with Crippen molar-refractivity contribution in [2.75, 3.05) is 39.3 Å². The number of aromatic nitrogens is 2. The molecule has 1 atom stereocenters. The Balaban J connectivity index is 0.00000200. The quantitative estimate of drug-likeness (QED) is 0.192. The van der Waals surface area contributed by atoms with E-state index in [9.17, 15) is 18.0 Å². The summed E-state index contributed by atoms with van der Waals surface area (Å²) in [5.74, 6) is -0.398. The summed E-state index contributed by atoms with van der Waals surface area (Å²) in [5, 5.41) is 0.623. The number of alkyl halides is 3. The number of hydrogen-bond acceptors (Lipinski definition) is 5. The van der Waals surface area contributed by atoms with E-state index < -0.39 is 17.6 Å². The summed E-state index contributed by atoms with van der Waals surface area (Å²) in [7, 11) is 0. The van der Waals surface area contributed by atoms with Crippen LogP contribution in [0.4, 0.5) is 13.2 Å². The average Bonchev–Trinajstić information content (AvgIpc) is 3.04. The molecule has 2 aliphatic heterocycles. The second-order valence-electron chi connectivity index (χ2n) is 11.5. The molecule has 0 radical (unpaired) electrons. The Morgan fingerprint density at radius 2 is 1.54 bits per heavy atom. The van der Waals surface area contributed by atoms with Crippen molar-refractivity contribution in [2.24, 2.45) is 0 Å². The number of nitrogens with zero attached hydrogens (tertiary/aromatic N) is 5. The van der Waals surface area contributed by atoms with Crippen molar-refractivity contribution in [3.05, 3.63) is 118 Å². The van der Waals surface area contributed by atoms with E-state index in [1.807, 2.05) is 36.5 Å². The molecule has 2 aromatic carbocycles. The Bertz CT molecular complexity index is 1620. The Morgan fingerprint density at radius 1 is 0.833 bits per heavy atom. The van der Waals surface area contributed by atoms with E-state index >= 15 is 0 Å². The van der Waals surface area contributed by atoms with Crippen molar-refractivity contribution in [1.82, 2.24) is 24.7 Å². The molecule has 0 N–H and O–H groups in total. The minimum absolute atomic E-state index is 0. The van der Waals surface area contributed by atoms with E-state index in [1.54, 1.807) is 23.1 Å². The van der Waals surface area contributed by atoms with Crippen molar-refractivity contribution >= 4 is 67.1 Å². The van der Waals surface area contributed by atoms with E-state index in [2.05, 4.69) is 25.8 Å². The molecule has 0 saturated carbocycles. The molecule has 2 aliphatic rings. The lowest BCUT2D eigenvalue weighted by molar-refractivity contribution is -0.137. The zero-order chi connectivity index (χ0) is 30.7. The van der Waals surface area contributed by atoms with Gasteiger partial charge in [0.05, 0.1) is 5.56 Å². The number of pyridine rings is 2. The van der Waals surface area contributed by atoms with Gasteiger partial charge in [-0.3, -0.25) is 24.6 Å². The molecule has 1 fully saturated rings. The predicted octanol–water partition coefficient (Wildman–Crippen LogP) is 7.93. The maximum Gasteiger partial charge on any atom is 0.416 e. The first-order chi connectivity index (χ1) is 21.2. The van der Waals surface area contributed by atoms with Gasteiger partial charge in [-0.05, 0) is 77.2 Å². The van der Waals surface area contributed by atoms with Gasteiger partial charge in [0.25, 0.3) is 5.91 Å². The molecule has 6 nitrogen and oxygen atoms in total. The lowest BCUT2D eigenvalue weighted by atomic mass is 9.97. The van der Waals surface area contributed by atoms with Crippen LogP contribution in [0.2, 0.25) is 5.02 Å². The fourth-order valence-corrected chi connectivity index (χ4v) is 6.27. The first-order valence-corrected chi connectivity index (χ1v) is 15.2. The summed E-state index contributed by atoms with van der Waals surface area (Å²) in [6, 6.07) is 18.3. The lowest BCUT2D eigenvalue weighted by Crippen LogP contribution is -2.57.